The van der Waals surface area contributed by atoms with Gasteiger partial charge in [-0.05, 0) is 47.2 Å². The van der Waals surface area contributed by atoms with Crippen LogP contribution in [0, 0.1) is 5.92 Å². The van der Waals surface area contributed by atoms with Crippen molar-refractivity contribution in [3.63, 3.8) is 0 Å². The number of hydrogen-bond donors (Lipinski definition) is 1. The van der Waals surface area contributed by atoms with Crippen LogP contribution in [0.2, 0.25) is 0 Å². The average Bonchev–Trinajstić information content (AvgIpc) is 3.29. The van der Waals surface area contributed by atoms with Gasteiger partial charge in [-0.3, -0.25) is 4.79 Å². The molecule has 0 unspecified atom stereocenters. The highest BCUT2D eigenvalue weighted by atomic mass is 16.5. The number of rotatable bonds is 5. The molecule has 1 fully saturated rings. The molecule has 1 aromatic heterocycles. The van der Waals surface area contributed by atoms with E-state index in [1.54, 1.807) is 7.11 Å². The van der Waals surface area contributed by atoms with E-state index >= 15 is 0 Å². The minimum Gasteiger partial charge on any atom is -0.384 e. The van der Waals surface area contributed by atoms with Crippen molar-refractivity contribution in [1.29, 1.82) is 0 Å². The number of carbonyl (C=O) groups excluding carboxylic acids is 1. The quantitative estimate of drug-likeness (QED) is 0.739. The first-order chi connectivity index (χ1) is 13.7. The van der Waals surface area contributed by atoms with Gasteiger partial charge in [-0.2, -0.15) is 5.21 Å². The minimum atomic E-state index is 0.0890. The molecule has 0 spiro atoms. The summed E-state index contributed by atoms with van der Waals surface area (Å²) in [5.41, 5.74) is 3.66. The first kappa shape index (κ1) is 18.3. The van der Waals surface area contributed by atoms with Crippen LogP contribution in [0.1, 0.15) is 23.2 Å². The minimum absolute atomic E-state index is 0.0890. The molecular formula is C21H23N5O2. The number of aromatic amines is 1. The average molecular weight is 377 g/mol. The molecule has 144 valence electrons. The maximum Gasteiger partial charge on any atom is 0.253 e. The SMILES string of the molecule is COC[C@H]1CCCN(C(=O)c2cccc(-c3ccc(-c4nn[nH]n4)cc3)c2)C1. The van der Waals surface area contributed by atoms with Crippen molar-refractivity contribution in [2.45, 2.75) is 12.8 Å². The fourth-order valence-electron chi connectivity index (χ4n) is 3.73. The number of tetrazole rings is 1. The van der Waals surface area contributed by atoms with Crippen LogP contribution in [0.25, 0.3) is 22.5 Å². The molecule has 28 heavy (non-hydrogen) atoms. The van der Waals surface area contributed by atoms with E-state index in [0.29, 0.717) is 18.3 Å². The van der Waals surface area contributed by atoms with Gasteiger partial charge in [0.25, 0.3) is 5.91 Å². The molecule has 4 rings (SSSR count). The molecule has 1 N–H and O–H groups in total. The number of piperidine rings is 1. The first-order valence-corrected chi connectivity index (χ1v) is 9.47. The number of aromatic nitrogens is 4. The smallest absolute Gasteiger partial charge is 0.253 e. The maximum absolute atomic E-state index is 13.0. The number of H-pyrrole nitrogens is 1. The Kier molecular flexibility index (Phi) is 5.43. The predicted octanol–water partition coefficient (Wildman–Crippen LogP) is 3.03. The Hall–Kier alpha value is -3.06. The lowest BCUT2D eigenvalue weighted by Crippen LogP contribution is -2.41. The van der Waals surface area contributed by atoms with Crippen LogP contribution in [0.5, 0.6) is 0 Å². The highest BCUT2D eigenvalue weighted by Gasteiger charge is 2.24. The monoisotopic (exact) mass is 377 g/mol. The van der Waals surface area contributed by atoms with E-state index in [1.807, 2.05) is 53.4 Å². The number of methoxy groups -OCH3 is 1. The van der Waals surface area contributed by atoms with Gasteiger partial charge in [0, 0.05) is 31.3 Å². The number of carbonyl (C=O) groups is 1. The Bertz CT molecular complexity index is 922. The molecule has 7 nitrogen and oxygen atoms in total. The first-order valence-electron chi connectivity index (χ1n) is 9.47. The van der Waals surface area contributed by atoms with E-state index in [0.717, 1.165) is 48.2 Å². The highest BCUT2D eigenvalue weighted by molar-refractivity contribution is 5.95. The summed E-state index contributed by atoms with van der Waals surface area (Å²) in [4.78, 5) is 15.0. The molecule has 7 heteroatoms. The maximum atomic E-state index is 13.0. The van der Waals surface area contributed by atoms with Crippen LogP contribution in [-0.2, 0) is 4.74 Å². The molecule has 2 heterocycles. The third kappa shape index (κ3) is 3.94. The number of benzene rings is 2. The lowest BCUT2D eigenvalue weighted by Gasteiger charge is -2.32. The topological polar surface area (TPSA) is 84.0 Å². The third-order valence-electron chi connectivity index (χ3n) is 5.14. The van der Waals surface area contributed by atoms with Gasteiger partial charge < -0.3 is 9.64 Å². The summed E-state index contributed by atoms with van der Waals surface area (Å²) < 4.78 is 5.28. The van der Waals surface area contributed by atoms with Gasteiger partial charge in [0.2, 0.25) is 5.82 Å². The molecule has 0 radical (unpaired) electrons. The molecule has 1 aliphatic heterocycles. The van der Waals surface area contributed by atoms with E-state index in [2.05, 4.69) is 20.6 Å². The molecule has 1 saturated heterocycles. The zero-order chi connectivity index (χ0) is 19.3. The van der Waals surface area contributed by atoms with Crippen LogP contribution >= 0.6 is 0 Å². The van der Waals surface area contributed by atoms with Crippen molar-refractivity contribution >= 4 is 5.91 Å². The molecule has 1 amide bonds. The summed E-state index contributed by atoms with van der Waals surface area (Å²) >= 11 is 0. The van der Waals surface area contributed by atoms with Gasteiger partial charge in [-0.25, -0.2) is 0 Å². The van der Waals surface area contributed by atoms with E-state index in [1.165, 1.54) is 0 Å². The van der Waals surface area contributed by atoms with E-state index in [-0.39, 0.29) is 5.91 Å². The summed E-state index contributed by atoms with van der Waals surface area (Å²) in [6.45, 7) is 2.27. The fourth-order valence-corrected chi connectivity index (χ4v) is 3.73. The summed E-state index contributed by atoms with van der Waals surface area (Å²) in [6.07, 6.45) is 2.14. The summed E-state index contributed by atoms with van der Waals surface area (Å²) in [6, 6.07) is 15.7. The molecule has 0 aliphatic carbocycles. The van der Waals surface area contributed by atoms with Crippen LogP contribution in [-0.4, -0.2) is 58.2 Å². The summed E-state index contributed by atoms with van der Waals surface area (Å²) in [5, 5.41) is 14.0. The Labute approximate surface area is 163 Å². The molecule has 2 aromatic carbocycles. The Morgan fingerprint density at radius 3 is 2.75 bits per heavy atom. The van der Waals surface area contributed by atoms with Gasteiger partial charge in [0.05, 0.1) is 6.61 Å². The van der Waals surface area contributed by atoms with Gasteiger partial charge in [-0.15, -0.1) is 10.2 Å². The molecule has 3 aromatic rings. The Balaban J connectivity index is 1.52. The van der Waals surface area contributed by atoms with Gasteiger partial charge in [0.15, 0.2) is 0 Å². The zero-order valence-corrected chi connectivity index (χ0v) is 15.8. The molecule has 1 aliphatic rings. The van der Waals surface area contributed by atoms with Crippen molar-refractivity contribution in [2.24, 2.45) is 5.92 Å². The fraction of sp³-hybridized carbons (Fsp3) is 0.333. The van der Waals surface area contributed by atoms with Crippen LogP contribution in [0.15, 0.2) is 48.5 Å². The van der Waals surface area contributed by atoms with Crippen molar-refractivity contribution in [3.05, 3.63) is 54.1 Å². The Morgan fingerprint density at radius 2 is 2.00 bits per heavy atom. The summed E-state index contributed by atoms with van der Waals surface area (Å²) in [5.74, 6) is 1.07. The second kappa shape index (κ2) is 8.31. The van der Waals surface area contributed by atoms with Crippen molar-refractivity contribution < 1.29 is 9.53 Å². The largest absolute Gasteiger partial charge is 0.384 e. The molecule has 0 saturated carbocycles. The number of amides is 1. The number of nitrogens with zero attached hydrogens (tertiary/aromatic N) is 4. The second-order valence-electron chi connectivity index (χ2n) is 7.11. The Morgan fingerprint density at radius 1 is 1.18 bits per heavy atom. The van der Waals surface area contributed by atoms with Crippen molar-refractivity contribution in [1.82, 2.24) is 25.5 Å². The van der Waals surface area contributed by atoms with Gasteiger partial charge in [0.1, 0.15) is 0 Å². The standard InChI is InChI=1S/C21H23N5O2/c1-28-14-15-4-3-11-26(13-15)21(27)19-6-2-5-18(12-19)16-7-9-17(10-8-16)20-22-24-25-23-20/h2,5-10,12,15H,3-4,11,13-14H2,1H3,(H,22,23,24,25)/t15-/m0/s1. The molecule has 1 atom stereocenters. The van der Waals surface area contributed by atoms with E-state index < -0.39 is 0 Å². The predicted molar refractivity (Wildman–Crippen MR) is 106 cm³/mol. The van der Waals surface area contributed by atoms with Crippen LogP contribution < -0.4 is 0 Å². The highest BCUT2D eigenvalue weighted by Crippen LogP contribution is 2.25. The molecular weight excluding hydrogens is 354 g/mol. The van der Waals surface area contributed by atoms with E-state index in [9.17, 15) is 4.79 Å². The number of nitrogens with one attached hydrogen (secondary N) is 1. The number of hydrogen-bond acceptors (Lipinski definition) is 5. The van der Waals surface area contributed by atoms with E-state index in [4.69, 9.17) is 4.74 Å². The van der Waals surface area contributed by atoms with Crippen LogP contribution in [0.3, 0.4) is 0 Å². The normalized spacial score (nSPS) is 16.9. The van der Waals surface area contributed by atoms with Crippen molar-refractivity contribution in [2.75, 3.05) is 26.8 Å². The molecule has 0 bridgehead atoms. The lowest BCUT2D eigenvalue weighted by molar-refractivity contribution is 0.0571. The second-order valence-corrected chi connectivity index (χ2v) is 7.11. The number of likely N-dealkylation sites (tertiary alicyclic amines) is 1. The third-order valence-corrected chi connectivity index (χ3v) is 5.14. The number of ether oxygens (including phenoxy) is 1. The summed E-state index contributed by atoms with van der Waals surface area (Å²) in [7, 11) is 1.72. The lowest BCUT2D eigenvalue weighted by atomic mass is 9.97. The zero-order valence-electron chi connectivity index (χ0n) is 15.8. The van der Waals surface area contributed by atoms with Gasteiger partial charge in [-0.1, -0.05) is 36.4 Å². The van der Waals surface area contributed by atoms with Gasteiger partial charge >= 0.3 is 0 Å². The van der Waals surface area contributed by atoms with Crippen LogP contribution in [0.4, 0.5) is 0 Å². The van der Waals surface area contributed by atoms with Crippen molar-refractivity contribution in [3.8, 4) is 22.5 Å².